The van der Waals surface area contributed by atoms with E-state index in [1.165, 1.54) is 12.1 Å². The number of alkyl halides is 1. The van der Waals surface area contributed by atoms with E-state index >= 15 is 0 Å². The molecule has 1 saturated heterocycles. The lowest BCUT2D eigenvalue weighted by atomic mass is 10.1. The van der Waals surface area contributed by atoms with E-state index in [-0.39, 0.29) is 11.6 Å². The van der Waals surface area contributed by atoms with Crippen LogP contribution < -0.4 is 4.90 Å². The fraction of sp³-hybridized carbons (Fsp3) is 0.471. The molecule has 1 fully saturated rings. The predicted molar refractivity (Wildman–Crippen MR) is 87.3 cm³/mol. The first-order chi connectivity index (χ1) is 11.1. The summed E-state index contributed by atoms with van der Waals surface area (Å²) in [5, 5.41) is 19.7. The average molecular weight is 322 g/mol. The van der Waals surface area contributed by atoms with E-state index in [1.807, 2.05) is 11.8 Å². The van der Waals surface area contributed by atoms with Gasteiger partial charge in [0.15, 0.2) is 6.35 Å². The van der Waals surface area contributed by atoms with Gasteiger partial charge < -0.3 is 15.1 Å². The molecule has 0 spiro atoms. The van der Waals surface area contributed by atoms with Gasteiger partial charge in [-0.15, -0.1) is 0 Å². The van der Waals surface area contributed by atoms with Crippen molar-refractivity contribution in [3.05, 3.63) is 42.0 Å². The lowest BCUT2D eigenvalue weighted by molar-refractivity contribution is 0.0199. The summed E-state index contributed by atoms with van der Waals surface area (Å²) in [6.45, 7) is 2.76. The Morgan fingerprint density at radius 3 is 2.91 bits per heavy atom. The van der Waals surface area contributed by atoms with Crippen LogP contribution in [0.25, 0.3) is 0 Å². The molecule has 126 valence electrons. The minimum atomic E-state index is -0.993. The SMILES string of the molecule is CCCC(/C=C\CF)N1CCN(c2cccc(C(=O)O)c2)C1O. The first kappa shape index (κ1) is 17.4. The molecule has 1 aromatic carbocycles. The van der Waals surface area contributed by atoms with Gasteiger partial charge in [-0.2, -0.15) is 0 Å². The topological polar surface area (TPSA) is 64.0 Å². The van der Waals surface area contributed by atoms with E-state index in [1.54, 1.807) is 29.2 Å². The molecule has 2 atom stereocenters. The maximum atomic E-state index is 12.4. The van der Waals surface area contributed by atoms with E-state index in [9.17, 15) is 14.3 Å². The molecule has 1 aliphatic rings. The van der Waals surface area contributed by atoms with Gasteiger partial charge in [0.25, 0.3) is 0 Å². The molecular weight excluding hydrogens is 299 g/mol. The molecular formula is C17H23FN2O3. The number of anilines is 1. The fourth-order valence-electron chi connectivity index (χ4n) is 2.93. The van der Waals surface area contributed by atoms with Crippen LogP contribution in [0.15, 0.2) is 36.4 Å². The molecule has 2 rings (SSSR count). The van der Waals surface area contributed by atoms with Crippen molar-refractivity contribution >= 4 is 11.7 Å². The van der Waals surface area contributed by atoms with Gasteiger partial charge in [0, 0.05) is 24.8 Å². The van der Waals surface area contributed by atoms with Gasteiger partial charge in [0.2, 0.25) is 0 Å². The number of aliphatic hydroxyl groups is 1. The van der Waals surface area contributed by atoms with Gasteiger partial charge in [-0.05, 0) is 24.6 Å². The zero-order valence-corrected chi connectivity index (χ0v) is 13.2. The van der Waals surface area contributed by atoms with Crippen LogP contribution in [0, 0.1) is 0 Å². The second-order valence-corrected chi connectivity index (χ2v) is 5.57. The molecule has 1 heterocycles. The first-order valence-electron chi connectivity index (χ1n) is 7.85. The van der Waals surface area contributed by atoms with Crippen LogP contribution in [0.4, 0.5) is 10.1 Å². The number of allylic oxidation sites excluding steroid dienone is 1. The Labute approximate surface area is 135 Å². The number of hydrogen-bond donors (Lipinski definition) is 2. The Morgan fingerprint density at radius 2 is 2.26 bits per heavy atom. The molecule has 0 radical (unpaired) electrons. The Kier molecular flexibility index (Phi) is 6.12. The van der Waals surface area contributed by atoms with Crippen LogP contribution in [0.5, 0.6) is 0 Å². The van der Waals surface area contributed by atoms with Gasteiger partial charge in [-0.3, -0.25) is 4.90 Å². The fourth-order valence-corrected chi connectivity index (χ4v) is 2.93. The van der Waals surface area contributed by atoms with Crippen molar-refractivity contribution in [2.75, 3.05) is 24.7 Å². The van der Waals surface area contributed by atoms with Crippen LogP contribution >= 0.6 is 0 Å². The van der Waals surface area contributed by atoms with Crippen molar-refractivity contribution in [3.8, 4) is 0 Å². The van der Waals surface area contributed by atoms with E-state index in [4.69, 9.17) is 5.11 Å². The molecule has 1 aliphatic heterocycles. The molecule has 0 aromatic heterocycles. The standard InChI is InChI=1S/C17H23FN2O3/c1-2-5-14(8-4-9-18)19-10-11-20(17(19)23)15-7-3-6-13(12-15)16(21)22/h3-4,6-8,12,14,17,23H,2,5,9-11H2,1H3,(H,21,22)/b8-4-. The minimum absolute atomic E-state index is 0.0293. The third-order valence-corrected chi connectivity index (χ3v) is 4.06. The number of carboxylic acid groups (broad SMARTS) is 1. The molecule has 2 N–H and O–H groups in total. The summed E-state index contributed by atoms with van der Waals surface area (Å²) >= 11 is 0. The van der Waals surface area contributed by atoms with Crippen LogP contribution in [-0.4, -0.2) is 53.2 Å². The summed E-state index contributed by atoms with van der Waals surface area (Å²) in [5.74, 6) is -0.993. The van der Waals surface area contributed by atoms with Gasteiger partial charge in [-0.25, -0.2) is 9.18 Å². The number of benzene rings is 1. The van der Waals surface area contributed by atoms with E-state index < -0.39 is 19.0 Å². The summed E-state index contributed by atoms with van der Waals surface area (Å²) in [5.41, 5.74) is 0.861. The lowest BCUT2D eigenvalue weighted by Gasteiger charge is -2.31. The molecule has 23 heavy (non-hydrogen) atoms. The molecule has 1 aromatic rings. The third kappa shape index (κ3) is 4.09. The number of carboxylic acids is 1. The highest BCUT2D eigenvalue weighted by Crippen LogP contribution is 2.26. The predicted octanol–water partition coefficient (Wildman–Crippen LogP) is 2.48. The van der Waals surface area contributed by atoms with Crippen molar-refractivity contribution in [1.82, 2.24) is 4.90 Å². The molecule has 5 nitrogen and oxygen atoms in total. The normalized spacial score (nSPS) is 20.3. The largest absolute Gasteiger partial charge is 0.478 e. The summed E-state index contributed by atoms with van der Waals surface area (Å²) in [6.07, 6.45) is 4.18. The van der Waals surface area contributed by atoms with E-state index in [0.29, 0.717) is 18.8 Å². The van der Waals surface area contributed by atoms with Gasteiger partial charge >= 0.3 is 5.97 Å². The van der Waals surface area contributed by atoms with Crippen LogP contribution in [-0.2, 0) is 0 Å². The van der Waals surface area contributed by atoms with E-state index in [2.05, 4.69) is 0 Å². The summed E-state index contributed by atoms with van der Waals surface area (Å²) < 4.78 is 12.4. The maximum absolute atomic E-state index is 12.4. The number of hydrogen-bond acceptors (Lipinski definition) is 4. The monoisotopic (exact) mass is 322 g/mol. The molecule has 0 amide bonds. The smallest absolute Gasteiger partial charge is 0.335 e. The third-order valence-electron chi connectivity index (χ3n) is 4.06. The first-order valence-corrected chi connectivity index (χ1v) is 7.85. The Morgan fingerprint density at radius 1 is 1.48 bits per heavy atom. The summed E-state index contributed by atoms with van der Waals surface area (Å²) in [4.78, 5) is 14.8. The zero-order chi connectivity index (χ0) is 16.8. The summed E-state index contributed by atoms with van der Waals surface area (Å²) in [7, 11) is 0. The quantitative estimate of drug-likeness (QED) is 0.755. The van der Waals surface area contributed by atoms with Crippen molar-refractivity contribution in [2.24, 2.45) is 0 Å². The Balaban J connectivity index is 2.17. The maximum Gasteiger partial charge on any atom is 0.335 e. The number of aromatic carboxylic acids is 1. The van der Waals surface area contributed by atoms with Crippen molar-refractivity contribution in [1.29, 1.82) is 0 Å². The number of rotatable bonds is 7. The Bertz CT molecular complexity index is 565. The van der Waals surface area contributed by atoms with Gasteiger partial charge in [-0.1, -0.05) is 31.6 Å². The Hall–Kier alpha value is -1.92. The van der Waals surface area contributed by atoms with Crippen LogP contribution in [0.3, 0.4) is 0 Å². The highest BCUT2D eigenvalue weighted by molar-refractivity contribution is 5.88. The van der Waals surface area contributed by atoms with Crippen LogP contribution in [0.1, 0.15) is 30.1 Å². The highest BCUT2D eigenvalue weighted by Gasteiger charge is 2.34. The van der Waals surface area contributed by atoms with Crippen molar-refractivity contribution in [2.45, 2.75) is 32.2 Å². The number of carbonyl (C=O) groups is 1. The highest BCUT2D eigenvalue weighted by atomic mass is 19.1. The lowest BCUT2D eigenvalue weighted by Crippen LogP contribution is -2.43. The van der Waals surface area contributed by atoms with Crippen molar-refractivity contribution < 1.29 is 19.4 Å². The summed E-state index contributed by atoms with van der Waals surface area (Å²) in [6, 6.07) is 6.50. The van der Waals surface area contributed by atoms with Gasteiger partial charge in [0.1, 0.15) is 6.67 Å². The van der Waals surface area contributed by atoms with Crippen molar-refractivity contribution in [3.63, 3.8) is 0 Å². The molecule has 2 unspecified atom stereocenters. The minimum Gasteiger partial charge on any atom is -0.478 e. The van der Waals surface area contributed by atoms with Crippen LogP contribution in [0.2, 0.25) is 0 Å². The second-order valence-electron chi connectivity index (χ2n) is 5.57. The van der Waals surface area contributed by atoms with Gasteiger partial charge in [0.05, 0.1) is 5.56 Å². The average Bonchev–Trinajstić information content (AvgIpc) is 2.93. The van der Waals surface area contributed by atoms with E-state index in [0.717, 1.165) is 12.8 Å². The zero-order valence-electron chi connectivity index (χ0n) is 13.2. The second kappa shape index (κ2) is 8.08. The number of nitrogens with zero attached hydrogens (tertiary/aromatic N) is 2. The molecule has 6 heteroatoms. The molecule has 0 bridgehead atoms. The number of halogens is 1. The number of aliphatic hydroxyl groups excluding tert-OH is 1. The molecule has 0 aliphatic carbocycles. The molecule has 0 saturated carbocycles.